The van der Waals surface area contributed by atoms with Crippen molar-refractivity contribution in [2.45, 2.75) is 38.0 Å². The lowest BCUT2D eigenvalue weighted by atomic mass is 9.84. The molecule has 0 N–H and O–H groups in total. The van der Waals surface area contributed by atoms with E-state index in [9.17, 15) is 4.79 Å². The Balaban J connectivity index is 1.65. The van der Waals surface area contributed by atoms with Crippen LogP contribution in [0.4, 0.5) is 0 Å². The number of esters is 1. The average Bonchev–Trinajstić information content (AvgIpc) is 2.57. The molecule has 2 aromatic rings. The van der Waals surface area contributed by atoms with E-state index in [-0.39, 0.29) is 5.82 Å². The fraction of sp³-hybridized carbons (Fsp3) is 0.353. The molecule has 1 heterocycles. The van der Waals surface area contributed by atoms with Crippen LogP contribution in [0.3, 0.4) is 0 Å². The third-order valence-electron chi connectivity index (χ3n) is 3.92. The number of nitrogens with zero attached hydrogens (tertiary/aromatic N) is 2. The molecule has 0 saturated heterocycles. The van der Waals surface area contributed by atoms with Crippen molar-refractivity contribution in [1.82, 2.24) is 9.97 Å². The van der Waals surface area contributed by atoms with Gasteiger partial charge in [-0.1, -0.05) is 31.4 Å². The number of benzene rings is 1. The molecule has 1 aromatic heterocycles. The Kier molecular flexibility index (Phi) is 4.24. The first-order valence-corrected chi connectivity index (χ1v) is 7.42. The molecule has 0 spiro atoms. The van der Waals surface area contributed by atoms with Gasteiger partial charge in [0.15, 0.2) is 0 Å². The van der Waals surface area contributed by atoms with Crippen LogP contribution in [0.2, 0.25) is 0 Å². The van der Waals surface area contributed by atoms with E-state index in [4.69, 9.17) is 4.74 Å². The second-order valence-corrected chi connectivity index (χ2v) is 5.37. The minimum absolute atomic E-state index is 0.0776. The van der Waals surface area contributed by atoms with Gasteiger partial charge in [0.25, 0.3) is 0 Å². The number of aromatic nitrogens is 2. The molecule has 0 amide bonds. The standard InChI is InChI=1S/C17H18N2O2/c20-17(16-18-11-4-12-19-16)21-15-9-7-14(8-10-15)13-5-2-1-3-6-13/h4,7-13H,1-3,5-6H2. The molecule has 0 radical (unpaired) electrons. The number of hydrogen-bond donors (Lipinski definition) is 0. The van der Waals surface area contributed by atoms with Crippen LogP contribution in [-0.4, -0.2) is 15.9 Å². The highest BCUT2D eigenvalue weighted by atomic mass is 16.5. The number of carbonyl (C=O) groups is 1. The van der Waals surface area contributed by atoms with E-state index in [1.807, 2.05) is 12.1 Å². The monoisotopic (exact) mass is 282 g/mol. The summed E-state index contributed by atoms with van der Waals surface area (Å²) in [7, 11) is 0. The first-order chi connectivity index (χ1) is 10.3. The second kappa shape index (κ2) is 6.48. The quantitative estimate of drug-likeness (QED) is 0.635. The number of hydrogen-bond acceptors (Lipinski definition) is 4. The Morgan fingerprint density at radius 1 is 1.00 bits per heavy atom. The highest BCUT2D eigenvalue weighted by Gasteiger charge is 2.16. The van der Waals surface area contributed by atoms with Crippen molar-refractivity contribution >= 4 is 5.97 Å². The van der Waals surface area contributed by atoms with Crippen LogP contribution >= 0.6 is 0 Å². The minimum Gasteiger partial charge on any atom is -0.421 e. The van der Waals surface area contributed by atoms with Crippen molar-refractivity contribution in [2.24, 2.45) is 0 Å². The van der Waals surface area contributed by atoms with Gasteiger partial charge in [-0.25, -0.2) is 14.8 Å². The summed E-state index contributed by atoms with van der Waals surface area (Å²) in [5, 5.41) is 0. The van der Waals surface area contributed by atoms with E-state index in [2.05, 4.69) is 22.1 Å². The van der Waals surface area contributed by atoms with Crippen LogP contribution < -0.4 is 4.74 Å². The van der Waals surface area contributed by atoms with Crippen molar-refractivity contribution in [3.8, 4) is 5.75 Å². The summed E-state index contributed by atoms with van der Waals surface area (Å²) < 4.78 is 5.28. The Labute approximate surface area is 124 Å². The fourth-order valence-corrected chi connectivity index (χ4v) is 2.80. The van der Waals surface area contributed by atoms with Gasteiger partial charge < -0.3 is 4.74 Å². The molecule has 3 rings (SSSR count). The topological polar surface area (TPSA) is 52.1 Å². The third-order valence-corrected chi connectivity index (χ3v) is 3.92. The zero-order chi connectivity index (χ0) is 14.5. The van der Waals surface area contributed by atoms with Crippen LogP contribution in [0.1, 0.15) is 54.2 Å². The van der Waals surface area contributed by atoms with E-state index >= 15 is 0 Å². The van der Waals surface area contributed by atoms with E-state index in [0.717, 1.165) is 0 Å². The van der Waals surface area contributed by atoms with Crippen molar-refractivity contribution < 1.29 is 9.53 Å². The molecule has 0 bridgehead atoms. The molecule has 0 unspecified atom stereocenters. The van der Waals surface area contributed by atoms with E-state index in [1.54, 1.807) is 6.07 Å². The summed E-state index contributed by atoms with van der Waals surface area (Å²) in [4.78, 5) is 19.6. The van der Waals surface area contributed by atoms with Crippen LogP contribution in [0.15, 0.2) is 42.7 Å². The van der Waals surface area contributed by atoms with Gasteiger partial charge in [-0.05, 0) is 42.5 Å². The molecular weight excluding hydrogens is 264 g/mol. The molecule has 4 heteroatoms. The fourth-order valence-electron chi connectivity index (χ4n) is 2.80. The highest BCUT2D eigenvalue weighted by Crippen LogP contribution is 2.33. The summed E-state index contributed by atoms with van der Waals surface area (Å²) in [6, 6.07) is 9.49. The predicted molar refractivity (Wildman–Crippen MR) is 79.3 cm³/mol. The van der Waals surface area contributed by atoms with Gasteiger partial charge in [-0.15, -0.1) is 0 Å². The number of ether oxygens (including phenoxy) is 1. The lowest BCUT2D eigenvalue weighted by molar-refractivity contribution is 0.0721. The second-order valence-electron chi connectivity index (χ2n) is 5.37. The molecule has 0 aliphatic heterocycles. The Morgan fingerprint density at radius 3 is 2.33 bits per heavy atom. The minimum atomic E-state index is -0.527. The predicted octanol–water partition coefficient (Wildman–Crippen LogP) is 3.74. The molecule has 0 atom stereocenters. The van der Waals surface area contributed by atoms with Crippen molar-refractivity contribution in [2.75, 3.05) is 0 Å². The summed E-state index contributed by atoms with van der Waals surface area (Å²) in [6.07, 6.45) is 9.54. The summed E-state index contributed by atoms with van der Waals surface area (Å²) in [6.45, 7) is 0. The molecule has 1 fully saturated rings. The summed E-state index contributed by atoms with van der Waals surface area (Å²) in [5.74, 6) is 0.739. The van der Waals surface area contributed by atoms with Crippen LogP contribution in [0, 0.1) is 0 Å². The normalized spacial score (nSPS) is 15.6. The van der Waals surface area contributed by atoms with E-state index in [0.29, 0.717) is 11.7 Å². The van der Waals surface area contributed by atoms with Gasteiger partial charge >= 0.3 is 5.97 Å². The van der Waals surface area contributed by atoms with Gasteiger partial charge in [0, 0.05) is 12.4 Å². The Hall–Kier alpha value is -2.23. The maximum absolute atomic E-state index is 11.9. The van der Waals surface area contributed by atoms with Crippen LogP contribution in [-0.2, 0) is 0 Å². The van der Waals surface area contributed by atoms with Gasteiger partial charge in [-0.3, -0.25) is 0 Å². The first kappa shape index (κ1) is 13.7. The smallest absolute Gasteiger partial charge is 0.381 e. The number of rotatable bonds is 3. The molecule has 21 heavy (non-hydrogen) atoms. The van der Waals surface area contributed by atoms with Crippen LogP contribution in [0.25, 0.3) is 0 Å². The summed E-state index contributed by atoms with van der Waals surface area (Å²) in [5.41, 5.74) is 1.34. The lowest BCUT2D eigenvalue weighted by Gasteiger charge is -2.21. The van der Waals surface area contributed by atoms with E-state index < -0.39 is 5.97 Å². The molecule has 108 valence electrons. The first-order valence-electron chi connectivity index (χ1n) is 7.42. The molecule has 1 aliphatic carbocycles. The number of carbonyl (C=O) groups excluding carboxylic acids is 1. The molecule has 1 saturated carbocycles. The highest BCUT2D eigenvalue weighted by molar-refractivity contribution is 5.86. The van der Waals surface area contributed by atoms with E-state index in [1.165, 1.54) is 50.1 Å². The van der Waals surface area contributed by atoms with Crippen molar-refractivity contribution in [3.05, 3.63) is 54.1 Å². The van der Waals surface area contributed by atoms with Crippen molar-refractivity contribution in [1.29, 1.82) is 0 Å². The zero-order valence-electron chi connectivity index (χ0n) is 11.9. The molecule has 1 aliphatic rings. The third kappa shape index (κ3) is 3.45. The SMILES string of the molecule is O=C(Oc1ccc(C2CCCCC2)cc1)c1ncccn1. The van der Waals surface area contributed by atoms with Gasteiger partial charge in [0.2, 0.25) is 5.82 Å². The van der Waals surface area contributed by atoms with Crippen molar-refractivity contribution in [3.63, 3.8) is 0 Å². The van der Waals surface area contributed by atoms with Crippen LogP contribution in [0.5, 0.6) is 5.75 Å². The molecule has 4 nitrogen and oxygen atoms in total. The lowest BCUT2D eigenvalue weighted by Crippen LogP contribution is -2.12. The van der Waals surface area contributed by atoms with Gasteiger partial charge in [-0.2, -0.15) is 0 Å². The van der Waals surface area contributed by atoms with Gasteiger partial charge in [0.1, 0.15) is 5.75 Å². The Morgan fingerprint density at radius 2 is 1.67 bits per heavy atom. The molecular formula is C17H18N2O2. The zero-order valence-corrected chi connectivity index (χ0v) is 11.9. The Bertz CT molecular complexity index is 590. The largest absolute Gasteiger partial charge is 0.421 e. The van der Waals surface area contributed by atoms with Gasteiger partial charge in [0.05, 0.1) is 0 Å². The average molecular weight is 282 g/mol. The molecule has 1 aromatic carbocycles. The summed E-state index contributed by atoms with van der Waals surface area (Å²) >= 11 is 0. The maximum Gasteiger partial charge on any atom is 0.381 e. The maximum atomic E-state index is 11.9.